The Morgan fingerprint density at radius 3 is 2.48 bits per heavy atom. The Balaban J connectivity index is 0.000000407. The van der Waals surface area contributed by atoms with Crippen molar-refractivity contribution in [3.8, 4) is 0 Å². The summed E-state index contributed by atoms with van der Waals surface area (Å²) in [6.07, 6.45) is 3.72. The number of halogens is 3. The van der Waals surface area contributed by atoms with E-state index in [4.69, 9.17) is 0 Å². The van der Waals surface area contributed by atoms with Crippen LogP contribution in [0.1, 0.15) is 45.0 Å². The maximum Gasteiger partial charge on any atom is 0.411 e. The predicted molar refractivity (Wildman–Crippen MR) is 117 cm³/mol. The molecule has 0 amide bonds. The van der Waals surface area contributed by atoms with Gasteiger partial charge in [0.25, 0.3) is 0 Å². The number of allylic oxidation sites excluding steroid dienone is 1. The molecule has 0 bridgehead atoms. The first-order chi connectivity index (χ1) is 14.7. The fourth-order valence-electron chi connectivity index (χ4n) is 4.00. The van der Waals surface area contributed by atoms with Gasteiger partial charge in [0.1, 0.15) is 5.54 Å². The Morgan fingerprint density at radius 2 is 2.00 bits per heavy atom. The van der Waals surface area contributed by atoms with Crippen LogP contribution in [0.2, 0.25) is 0 Å². The van der Waals surface area contributed by atoms with Crippen LogP contribution in [0.4, 0.5) is 19.0 Å². The molecule has 5 rings (SSSR count). The number of nitrogens with one attached hydrogen (secondary N) is 1. The molecule has 2 aromatic heterocycles. The second-order valence-corrected chi connectivity index (χ2v) is 8.80. The highest BCUT2D eigenvalue weighted by Crippen LogP contribution is 2.47. The second-order valence-electron chi connectivity index (χ2n) is 8.80. The van der Waals surface area contributed by atoms with Crippen molar-refractivity contribution in [2.75, 3.05) is 24.5 Å². The topological polar surface area (TPSA) is 57.8 Å². The summed E-state index contributed by atoms with van der Waals surface area (Å²) in [5.74, 6) is 1.23. The fourth-order valence-corrected chi connectivity index (χ4v) is 4.00. The number of hydrogen-bond donors (Lipinski definition) is 1. The van der Waals surface area contributed by atoms with E-state index in [9.17, 15) is 13.2 Å². The monoisotopic (exact) mass is 434 g/mol. The van der Waals surface area contributed by atoms with Crippen LogP contribution in [0.5, 0.6) is 0 Å². The molecule has 2 atom stereocenters. The average molecular weight is 435 g/mol. The maximum atomic E-state index is 13.6. The van der Waals surface area contributed by atoms with Crippen molar-refractivity contribution in [2.24, 2.45) is 10.9 Å². The summed E-state index contributed by atoms with van der Waals surface area (Å²) < 4.78 is 42.6. The van der Waals surface area contributed by atoms with Crippen molar-refractivity contribution in [3.63, 3.8) is 0 Å². The van der Waals surface area contributed by atoms with E-state index in [1.54, 1.807) is 23.0 Å². The zero-order valence-corrected chi connectivity index (χ0v) is 18.4. The van der Waals surface area contributed by atoms with Gasteiger partial charge in [0, 0.05) is 36.4 Å². The van der Waals surface area contributed by atoms with Crippen molar-refractivity contribution < 1.29 is 13.2 Å². The summed E-state index contributed by atoms with van der Waals surface area (Å²) in [5, 5.41) is 3.16. The third-order valence-corrected chi connectivity index (χ3v) is 6.50. The van der Waals surface area contributed by atoms with E-state index in [0.717, 1.165) is 23.6 Å². The number of anilines is 1. The quantitative estimate of drug-likeness (QED) is 0.792. The van der Waals surface area contributed by atoms with Crippen LogP contribution in [0.3, 0.4) is 0 Å². The van der Waals surface area contributed by atoms with Gasteiger partial charge in [0.2, 0.25) is 0 Å². The van der Waals surface area contributed by atoms with E-state index >= 15 is 0 Å². The highest BCUT2D eigenvalue weighted by atomic mass is 19.4. The second kappa shape index (κ2) is 7.93. The highest BCUT2D eigenvalue weighted by molar-refractivity contribution is 6.11. The lowest BCUT2D eigenvalue weighted by molar-refractivity contribution is -0.196. The molecule has 0 spiro atoms. The summed E-state index contributed by atoms with van der Waals surface area (Å²) in [7, 11) is 0. The van der Waals surface area contributed by atoms with E-state index in [1.807, 2.05) is 19.9 Å². The van der Waals surface area contributed by atoms with Gasteiger partial charge in [-0.3, -0.25) is 9.39 Å². The van der Waals surface area contributed by atoms with Crippen LogP contribution >= 0.6 is 0 Å². The molecule has 168 valence electrons. The zero-order valence-electron chi connectivity index (χ0n) is 18.4. The first-order valence-corrected chi connectivity index (χ1v) is 10.8. The summed E-state index contributed by atoms with van der Waals surface area (Å²) in [5.41, 5.74) is 0.874. The number of aryl methyl sites for hydroxylation is 1. The van der Waals surface area contributed by atoms with Gasteiger partial charge in [-0.25, -0.2) is 9.97 Å². The molecule has 0 radical (unpaired) electrons. The molecule has 3 aliphatic rings. The third-order valence-electron chi connectivity index (χ3n) is 6.50. The SMILES string of the molecule is CC1CNC1.CCC1C=C(c2nc(N3CCC3(C)C(F)(F)F)c3nccn3c2C)C=N1. The lowest BCUT2D eigenvalue weighted by Crippen LogP contribution is -2.66. The number of nitrogens with zero attached hydrogens (tertiary/aromatic N) is 5. The molecule has 2 saturated heterocycles. The van der Waals surface area contributed by atoms with Gasteiger partial charge < -0.3 is 10.2 Å². The molecule has 5 heterocycles. The minimum absolute atomic E-state index is 0.0519. The van der Waals surface area contributed by atoms with Crippen LogP contribution in [0.15, 0.2) is 23.5 Å². The molecule has 2 aromatic rings. The van der Waals surface area contributed by atoms with Crippen LogP contribution < -0.4 is 10.2 Å². The Kier molecular flexibility index (Phi) is 5.57. The van der Waals surface area contributed by atoms with E-state index in [0.29, 0.717) is 17.9 Å². The standard InChI is InChI=1S/C18H20F3N5.C4H9N/c1-4-13-9-12(10-23-13)14-11(2)25-8-6-22-15(25)16(24-14)26-7-5-17(26,3)18(19,20)21;1-4-2-5-3-4/h6,8-10,13H,4-5,7H2,1-3H3;4-5H,2-3H2,1H3. The Bertz CT molecular complexity index is 1020. The summed E-state index contributed by atoms with van der Waals surface area (Å²) in [6, 6.07) is 0.0950. The summed E-state index contributed by atoms with van der Waals surface area (Å²) in [6.45, 7) is 10.2. The van der Waals surface area contributed by atoms with Crippen LogP contribution in [-0.4, -0.2) is 58.0 Å². The summed E-state index contributed by atoms with van der Waals surface area (Å²) >= 11 is 0. The van der Waals surface area contributed by atoms with Gasteiger partial charge in [-0.2, -0.15) is 13.2 Å². The van der Waals surface area contributed by atoms with E-state index in [-0.39, 0.29) is 18.3 Å². The van der Waals surface area contributed by atoms with Gasteiger partial charge in [-0.05, 0) is 51.8 Å². The van der Waals surface area contributed by atoms with Gasteiger partial charge in [-0.15, -0.1) is 0 Å². The van der Waals surface area contributed by atoms with Gasteiger partial charge in [0.15, 0.2) is 11.5 Å². The largest absolute Gasteiger partial charge is 0.411 e. The van der Waals surface area contributed by atoms with Crippen molar-refractivity contribution in [1.29, 1.82) is 0 Å². The lowest BCUT2D eigenvalue weighted by atomic mass is 9.86. The van der Waals surface area contributed by atoms with Crippen molar-refractivity contribution in [3.05, 3.63) is 29.9 Å². The van der Waals surface area contributed by atoms with E-state index in [1.165, 1.54) is 24.9 Å². The summed E-state index contributed by atoms with van der Waals surface area (Å²) in [4.78, 5) is 14.6. The van der Waals surface area contributed by atoms with Crippen molar-refractivity contribution in [2.45, 2.75) is 58.3 Å². The minimum Gasteiger partial charge on any atom is -0.339 e. The normalized spacial score (nSPS) is 25.7. The number of rotatable bonds is 3. The number of aliphatic imine (C=N–C) groups is 1. The Morgan fingerprint density at radius 1 is 1.29 bits per heavy atom. The first-order valence-electron chi connectivity index (χ1n) is 10.8. The molecule has 0 saturated carbocycles. The fraction of sp³-hybridized carbons (Fsp3) is 0.591. The maximum absolute atomic E-state index is 13.6. The van der Waals surface area contributed by atoms with E-state index in [2.05, 4.69) is 27.2 Å². The van der Waals surface area contributed by atoms with Gasteiger partial charge in [0.05, 0.1) is 11.7 Å². The molecular formula is C22H29F3N6. The van der Waals surface area contributed by atoms with Crippen LogP contribution in [-0.2, 0) is 0 Å². The average Bonchev–Trinajstić information content (AvgIpc) is 3.36. The molecule has 1 N–H and O–H groups in total. The Labute approximate surface area is 180 Å². The van der Waals surface area contributed by atoms with Gasteiger partial charge in [-0.1, -0.05) is 13.8 Å². The number of imidazole rings is 1. The molecule has 0 aromatic carbocycles. The number of fused-ring (bicyclic) bond motifs is 1. The first kappa shape index (κ1) is 21.8. The molecule has 0 aliphatic carbocycles. The lowest BCUT2D eigenvalue weighted by Gasteiger charge is -2.51. The smallest absolute Gasteiger partial charge is 0.339 e. The molecule has 2 fully saturated rings. The number of aromatic nitrogens is 3. The molecular weight excluding hydrogens is 405 g/mol. The zero-order chi connectivity index (χ0) is 22.4. The molecule has 2 unspecified atom stereocenters. The Hall–Kier alpha value is -2.42. The number of hydrogen-bond acceptors (Lipinski definition) is 5. The molecule has 6 nitrogen and oxygen atoms in total. The predicted octanol–water partition coefficient (Wildman–Crippen LogP) is 4.04. The van der Waals surface area contributed by atoms with Gasteiger partial charge >= 0.3 is 6.18 Å². The van der Waals surface area contributed by atoms with Crippen LogP contribution in [0, 0.1) is 12.8 Å². The van der Waals surface area contributed by atoms with Crippen molar-refractivity contribution >= 4 is 23.3 Å². The number of alkyl halides is 3. The minimum atomic E-state index is -4.33. The third kappa shape index (κ3) is 3.73. The van der Waals surface area contributed by atoms with E-state index < -0.39 is 11.7 Å². The molecule has 31 heavy (non-hydrogen) atoms. The molecule has 3 aliphatic heterocycles. The molecule has 9 heteroatoms. The highest BCUT2D eigenvalue weighted by Gasteiger charge is 2.60. The van der Waals surface area contributed by atoms with Crippen LogP contribution in [0.25, 0.3) is 11.2 Å². The van der Waals surface area contributed by atoms with Crippen molar-refractivity contribution in [1.82, 2.24) is 19.7 Å².